The van der Waals surface area contributed by atoms with Gasteiger partial charge >= 0.3 is 6.18 Å². The summed E-state index contributed by atoms with van der Waals surface area (Å²) in [4.78, 5) is 5.14. The first-order chi connectivity index (χ1) is 13.4. The summed E-state index contributed by atoms with van der Waals surface area (Å²) in [5.74, 6) is 0. The Bertz CT molecular complexity index is 963. The average molecular weight is 407 g/mol. The Morgan fingerprint density at radius 3 is 2.71 bits per heavy atom. The van der Waals surface area contributed by atoms with Crippen molar-refractivity contribution in [3.8, 4) is 11.3 Å². The average Bonchev–Trinajstić information content (AvgIpc) is 3.19. The second-order valence-corrected chi connectivity index (χ2v) is 8.79. The molecule has 9 heteroatoms. The Balaban J connectivity index is 1.30. The highest BCUT2D eigenvalue weighted by molar-refractivity contribution is 7.20. The van der Waals surface area contributed by atoms with Crippen LogP contribution in [0.5, 0.6) is 0 Å². The van der Waals surface area contributed by atoms with Gasteiger partial charge in [-0.05, 0) is 56.3 Å². The van der Waals surface area contributed by atoms with Crippen LogP contribution in [-0.2, 0) is 6.18 Å². The summed E-state index contributed by atoms with van der Waals surface area (Å²) in [7, 11) is 0. The van der Waals surface area contributed by atoms with E-state index in [2.05, 4.69) is 20.7 Å². The molecule has 28 heavy (non-hydrogen) atoms. The molecule has 1 spiro atoms. The first-order valence-corrected chi connectivity index (χ1v) is 10.2. The van der Waals surface area contributed by atoms with E-state index in [4.69, 9.17) is 0 Å². The Morgan fingerprint density at radius 1 is 1.21 bits per heavy atom. The number of nitrogens with zero attached hydrogens (tertiary/aromatic N) is 3. The van der Waals surface area contributed by atoms with Gasteiger partial charge in [0.1, 0.15) is 0 Å². The zero-order chi connectivity index (χ0) is 19.4. The highest BCUT2D eigenvalue weighted by atomic mass is 32.1. The smallest absolute Gasteiger partial charge is 0.357 e. The number of piperidine rings is 1. The maximum Gasteiger partial charge on any atom is 0.416 e. The van der Waals surface area contributed by atoms with Crippen molar-refractivity contribution >= 4 is 21.4 Å². The molecule has 1 saturated carbocycles. The van der Waals surface area contributed by atoms with Gasteiger partial charge < -0.3 is 10.6 Å². The number of imidazole rings is 1. The summed E-state index contributed by atoms with van der Waals surface area (Å²) < 4.78 is 40.4. The van der Waals surface area contributed by atoms with Crippen LogP contribution in [0.25, 0.3) is 16.2 Å². The molecule has 5 rings (SSSR count). The van der Waals surface area contributed by atoms with E-state index in [0.717, 1.165) is 30.4 Å². The van der Waals surface area contributed by atoms with Crippen LogP contribution < -0.4 is 10.6 Å². The zero-order valence-corrected chi connectivity index (χ0v) is 15.9. The van der Waals surface area contributed by atoms with Gasteiger partial charge in [0.25, 0.3) is 0 Å². The van der Waals surface area contributed by atoms with Crippen LogP contribution in [0.4, 0.5) is 18.3 Å². The van der Waals surface area contributed by atoms with Crippen molar-refractivity contribution in [1.29, 1.82) is 0 Å². The lowest BCUT2D eigenvalue weighted by molar-refractivity contribution is -0.137. The SMILES string of the molecule is FC(F)(F)c1cccc(-c2cn3nc(NC4CC5(CCNCC5)C4)sc3n2)c1. The van der Waals surface area contributed by atoms with Crippen molar-refractivity contribution in [2.45, 2.75) is 37.9 Å². The molecule has 5 nitrogen and oxygen atoms in total. The summed E-state index contributed by atoms with van der Waals surface area (Å²) in [6, 6.07) is 5.67. The number of benzene rings is 1. The second kappa shape index (κ2) is 6.45. The number of nitrogens with one attached hydrogen (secondary N) is 2. The number of anilines is 1. The third-order valence-electron chi connectivity index (χ3n) is 5.88. The molecule has 2 aromatic heterocycles. The minimum atomic E-state index is -4.36. The lowest BCUT2D eigenvalue weighted by Crippen LogP contribution is -2.50. The fraction of sp³-hybridized carbons (Fsp3) is 0.474. The Morgan fingerprint density at radius 2 is 2.00 bits per heavy atom. The lowest BCUT2D eigenvalue weighted by Gasteiger charge is -2.50. The van der Waals surface area contributed by atoms with E-state index in [1.807, 2.05) is 0 Å². The Kier molecular flexibility index (Phi) is 4.13. The van der Waals surface area contributed by atoms with Gasteiger partial charge in [0, 0.05) is 11.6 Å². The molecular formula is C19H20F3N5S. The van der Waals surface area contributed by atoms with E-state index < -0.39 is 11.7 Å². The highest BCUT2D eigenvalue weighted by Gasteiger charge is 2.44. The zero-order valence-electron chi connectivity index (χ0n) is 15.1. The van der Waals surface area contributed by atoms with Crippen LogP contribution in [0.15, 0.2) is 30.5 Å². The molecule has 148 valence electrons. The third-order valence-corrected chi connectivity index (χ3v) is 6.73. The molecule has 0 amide bonds. The molecule has 0 unspecified atom stereocenters. The molecule has 1 aliphatic carbocycles. The van der Waals surface area contributed by atoms with Gasteiger partial charge in [-0.3, -0.25) is 0 Å². The van der Waals surface area contributed by atoms with Crippen LogP contribution in [-0.4, -0.2) is 33.7 Å². The molecule has 2 fully saturated rings. The van der Waals surface area contributed by atoms with Crippen LogP contribution >= 0.6 is 11.3 Å². The predicted molar refractivity (Wildman–Crippen MR) is 102 cm³/mol. The lowest BCUT2D eigenvalue weighted by atomic mass is 9.61. The fourth-order valence-corrected chi connectivity index (χ4v) is 5.24. The molecule has 0 bridgehead atoms. The van der Waals surface area contributed by atoms with E-state index in [9.17, 15) is 13.2 Å². The summed E-state index contributed by atoms with van der Waals surface area (Å²) in [6.07, 6.45) is 2.15. The van der Waals surface area contributed by atoms with Crippen LogP contribution in [0.3, 0.4) is 0 Å². The summed E-state index contributed by atoms with van der Waals surface area (Å²) >= 11 is 1.43. The van der Waals surface area contributed by atoms with Gasteiger partial charge in [0.2, 0.25) is 10.1 Å². The van der Waals surface area contributed by atoms with Crippen molar-refractivity contribution in [1.82, 2.24) is 19.9 Å². The van der Waals surface area contributed by atoms with Crippen LogP contribution in [0.2, 0.25) is 0 Å². The molecule has 0 atom stereocenters. The molecule has 2 aliphatic rings. The third kappa shape index (κ3) is 3.26. The largest absolute Gasteiger partial charge is 0.416 e. The number of fused-ring (bicyclic) bond motifs is 1. The molecule has 0 radical (unpaired) electrons. The molecule has 2 N–H and O–H groups in total. The van der Waals surface area contributed by atoms with Gasteiger partial charge in [0.05, 0.1) is 17.5 Å². The summed E-state index contributed by atoms with van der Waals surface area (Å²) in [6.45, 7) is 2.21. The van der Waals surface area contributed by atoms with E-state index in [1.165, 1.54) is 43.1 Å². The van der Waals surface area contributed by atoms with Crippen LogP contribution in [0.1, 0.15) is 31.2 Å². The number of rotatable bonds is 3. The first kappa shape index (κ1) is 17.9. The van der Waals surface area contributed by atoms with E-state index in [0.29, 0.717) is 27.7 Å². The van der Waals surface area contributed by atoms with Crippen molar-refractivity contribution in [3.05, 3.63) is 36.0 Å². The first-order valence-electron chi connectivity index (χ1n) is 9.41. The van der Waals surface area contributed by atoms with Crippen molar-refractivity contribution in [2.75, 3.05) is 18.4 Å². The van der Waals surface area contributed by atoms with Crippen molar-refractivity contribution < 1.29 is 13.2 Å². The maximum absolute atomic E-state index is 12.9. The standard InChI is InChI=1S/C19H20F3N5S/c20-19(21,22)13-3-1-2-12(8-13)15-11-27-17(25-15)28-16(26-27)24-14-9-18(10-14)4-6-23-7-5-18/h1-3,8,11,14,23H,4-7,9-10H2,(H,24,26). The molecule has 1 saturated heterocycles. The summed E-state index contributed by atoms with van der Waals surface area (Å²) in [5, 5.41) is 12.2. The number of hydrogen-bond donors (Lipinski definition) is 2. The van der Waals surface area contributed by atoms with Gasteiger partial charge in [-0.25, -0.2) is 9.50 Å². The highest BCUT2D eigenvalue weighted by Crippen LogP contribution is 2.49. The maximum atomic E-state index is 12.9. The minimum absolute atomic E-state index is 0.439. The van der Waals surface area contributed by atoms with E-state index in [-0.39, 0.29) is 0 Å². The normalized spacial score (nSPS) is 19.8. The van der Waals surface area contributed by atoms with Crippen molar-refractivity contribution in [2.24, 2.45) is 5.41 Å². The monoisotopic (exact) mass is 407 g/mol. The quantitative estimate of drug-likeness (QED) is 0.675. The second-order valence-electron chi connectivity index (χ2n) is 7.84. The molecule has 1 aromatic carbocycles. The number of alkyl halides is 3. The predicted octanol–water partition coefficient (Wildman–Crippen LogP) is 4.42. The van der Waals surface area contributed by atoms with Gasteiger partial charge in [-0.15, -0.1) is 5.10 Å². The minimum Gasteiger partial charge on any atom is -0.357 e. The van der Waals surface area contributed by atoms with Gasteiger partial charge in [-0.1, -0.05) is 23.5 Å². The topological polar surface area (TPSA) is 54.2 Å². The van der Waals surface area contributed by atoms with Gasteiger partial charge in [-0.2, -0.15) is 13.2 Å². The van der Waals surface area contributed by atoms with E-state index in [1.54, 1.807) is 16.8 Å². The fourth-order valence-electron chi connectivity index (χ4n) is 4.38. The van der Waals surface area contributed by atoms with Crippen molar-refractivity contribution in [3.63, 3.8) is 0 Å². The summed E-state index contributed by atoms with van der Waals surface area (Å²) in [5.41, 5.74) is 0.757. The number of hydrogen-bond acceptors (Lipinski definition) is 5. The number of halogens is 3. The Labute approximate surface area is 164 Å². The van der Waals surface area contributed by atoms with Gasteiger partial charge in [0.15, 0.2) is 0 Å². The molecule has 3 heterocycles. The molecular weight excluding hydrogens is 387 g/mol. The van der Waals surface area contributed by atoms with E-state index >= 15 is 0 Å². The molecule has 1 aliphatic heterocycles. The number of aromatic nitrogens is 3. The molecule has 3 aromatic rings. The Hall–Kier alpha value is -2.13. The van der Waals surface area contributed by atoms with Crippen LogP contribution in [0, 0.1) is 5.41 Å².